The summed E-state index contributed by atoms with van der Waals surface area (Å²) in [6.07, 6.45) is 1.91. The number of rotatable bonds is 6. The van der Waals surface area contributed by atoms with Gasteiger partial charge in [0, 0.05) is 16.5 Å². The summed E-state index contributed by atoms with van der Waals surface area (Å²) in [6.45, 7) is 3.89. The van der Waals surface area contributed by atoms with E-state index in [1.807, 2.05) is 32.0 Å². The van der Waals surface area contributed by atoms with Crippen molar-refractivity contribution in [3.8, 4) is 0 Å². The Kier molecular flexibility index (Phi) is 5.47. The van der Waals surface area contributed by atoms with E-state index in [-0.39, 0.29) is 17.7 Å². The molecule has 0 bridgehead atoms. The van der Waals surface area contributed by atoms with Crippen LogP contribution in [0.2, 0.25) is 0 Å². The van der Waals surface area contributed by atoms with Crippen LogP contribution in [-0.4, -0.2) is 22.0 Å². The minimum atomic E-state index is -0.180. The first-order valence-corrected chi connectivity index (χ1v) is 11.2. The highest BCUT2D eigenvalue weighted by molar-refractivity contribution is 8.01. The maximum atomic E-state index is 12.6. The molecule has 0 spiro atoms. The Balaban J connectivity index is 1.40. The molecule has 28 heavy (non-hydrogen) atoms. The number of nitrogens with one attached hydrogen (secondary N) is 2. The Morgan fingerprint density at radius 1 is 1.07 bits per heavy atom. The van der Waals surface area contributed by atoms with E-state index in [9.17, 15) is 9.59 Å². The fraction of sp³-hybridized carbons (Fsp3) is 0.263. The smallest absolute Gasteiger partial charge is 0.265 e. The average molecular weight is 431 g/mol. The van der Waals surface area contributed by atoms with Crippen molar-refractivity contribution in [1.82, 2.24) is 10.2 Å². The molecule has 1 aliphatic carbocycles. The Morgan fingerprint density at radius 2 is 1.89 bits per heavy atom. The van der Waals surface area contributed by atoms with Crippen LogP contribution in [-0.2, 0) is 4.79 Å². The third kappa shape index (κ3) is 4.60. The number of carbonyl (C=O) groups excluding carboxylic acids is 2. The van der Waals surface area contributed by atoms with E-state index in [1.54, 1.807) is 35.2 Å². The molecule has 2 amide bonds. The molecular formula is C19H18N4O2S3. The number of hydrogen-bond acceptors (Lipinski definition) is 7. The number of hydrogen-bond donors (Lipinski definition) is 2. The van der Waals surface area contributed by atoms with E-state index in [0.717, 1.165) is 38.3 Å². The zero-order valence-corrected chi connectivity index (χ0v) is 17.8. The Morgan fingerprint density at radius 3 is 2.57 bits per heavy atom. The lowest BCUT2D eigenvalue weighted by molar-refractivity contribution is -0.117. The highest BCUT2D eigenvalue weighted by Crippen LogP contribution is 2.33. The van der Waals surface area contributed by atoms with Crippen molar-refractivity contribution in [3.63, 3.8) is 0 Å². The summed E-state index contributed by atoms with van der Waals surface area (Å²) in [5, 5.41) is 15.6. The van der Waals surface area contributed by atoms with Gasteiger partial charge < -0.3 is 10.6 Å². The third-order valence-electron chi connectivity index (χ3n) is 4.18. The normalized spacial score (nSPS) is 13.4. The lowest BCUT2D eigenvalue weighted by atomic mass is 10.2. The second-order valence-corrected chi connectivity index (χ2v) is 10.1. The van der Waals surface area contributed by atoms with E-state index < -0.39 is 0 Å². The van der Waals surface area contributed by atoms with Crippen LogP contribution >= 0.6 is 34.4 Å². The number of nitrogens with zero attached hydrogens (tertiary/aromatic N) is 2. The molecule has 0 radical (unpaired) electrons. The molecule has 2 heterocycles. The number of aromatic nitrogens is 2. The van der Waals surface area contributed by atoms with Gasteiger partial charge in [0.25, 0.3) is 5.91 Å². The summed E-state index contributed by atoms with van der Waals surface area (Å²) in [5.74, 6) is 0.00558. The summed E-state index contributed by atoms with van der Waals surface area (Å²) in [7, 11) is 0. The van der Waals surface area contributed by atoms with Gasteiger partial charge >= 0.3 is 0 Å². The molecule has 0 saturated heterocycles. The minimum absolute atomic E-state index is 0.0448. The fourth-order valence-corrected chi connectivity index (χ4v) is 5.23. The molecule has 1 aliphatic rings. The molecule has 1 fully saturated rings. The van der Waals surface area contributed by atoms with Gasteiger partial charge in [-0.1, -0.05) is 23.1 Å². The zero-order chi connectivity index (χ0) is 19.7. The number of anilines is 2. The van der Waals surface area contributed by atoms with E-state index in [2.05, 4.69) is 20.8 Å². The van der Waals surface area contributed by atoms with Crippen molar-refractivity contribution in [2.24, 2.45) is 5.92 Å². The van der Waals surface area contributed by atoms with Gasteiger partial charge in [0.2, 0.25) is 5.91 Å². The van der Waals surface area contributed by atoms with Crippen molar-refractivity contribution in [2.45, 2.75) is 35.9 Å². The largest absolute Gasteiger partial charge is 0.321 e. The zero-order valence-electron chi connectivity index (χ0n) is 15.3. The summed E-state index contributed by atoms with van der Waals surface area (Å²) in [5.41, 5.74) is 1.73. The van der Waals surface area contributed by atoms with Gasteiger partial charge in [0.1, 0.15) is 5.01 Å². The molecule has 0 aliphatic heterocycles. The van der Waals surface area contributed by atoms with Crippen LogP contribution in [0.3, 0.4) is 0 Å². The number of thiophene rings is 1. The van der Waals surface area contributed by atoms with Crippen molar-refractivity contribution in [3.05, 3.63) is 45.8 Å². The Bertz CT molecular complexity index is 1040. The molecule has 2 aromatic heterocycles. The molecular weight excluding hydrogens is 412 g/mol. The molecule has 2 N–H and O–H groups in total. The van der Waals surface area contributed by atoms with Crippen LogP contribution in [0.1, 0.15) is 33.1 Å². The van der Waals surface area contributed by atoms with Crippen LogP contribution in [0, 0.1) is 19.8 Å². The first kappa shape index (κ1) is 19.1. The maximum absolute atomic E-state index is 12.6. The predicted molar refractivity (Wildman–Crippen MR) is 114 cm³/mol. The lowest BCUT2D eigenvalue weighted by Gasteiger charge is -2.09. The second-order valence-electron chi connectivity index (χ2n) is 6.55. The highest BCUT2D eigenvalue weighted by atomic mass is 32.2. The van der Waals surface area contributed by atoms with Crippen molar-refractivity contribution in [2.75, 3.05) is 10.6 Å². The monoisotopic (exact) mass is 430 g/mol. The van der Waals surface area contributed by atoms with Gasteiger partial charge in [-0.2, -0.15) is 0 Å². The number of amides is 2. The number of benzene rings is 1. The van der Waals surface area contributed by atoms with E-state index in [0.29, 0.717) is 9.88 Å². The van der Waals surface area contributed by atoms with Crippen LogP contribution in [0.15, 0.2) is 39.6 Å². The molecule has 0 atom stereocenters. The van der Waals surface area contributed by atoms with E-state index in [4.69, 9.17) is 0 Å². The summed E-state index contributed by atoms with van der Waals surface area (Å²) in [4.78, 5) is 26.0. The third-order valence-corrected chi connectivity index (χ3v) is 7.06. The SMILES string of the molecule is Cc1nnc(Sc2ccc(NC(=O)c3ccc(NC(=O)C4CC4)s3)c(C)c2)s1. The molecule has 3 aromatic rings. The first-order chi connectivity index (χ1) is 13.5. The molecule has 9 heteroatoms. The number of aryl methyl sites for hydroxylation is 2. The predicted octanol–water partition coefficient (Wildman–Crippen LogP) is 4.97. The van der Waals surface area contributed by atoms with Gasteiger partial charge in [-0.25, -0.2) is 0 Å². The van der Waals surface area contributed by atoms with Crippen LogP contribution in [0.5, 0.6) is 0 Å². The minimum Gasteiger partial charge on any atom is -0.321 e. The molecule has 144 valence electrons. The van der Waals surface area contributed by atoms with Gasteiger partial charge in [-0.3, -0.25) is 9.59 Å². The first-order valence-electron chi connectivity index (χ1n) is 8.78. The van der Waals surface area contributed by atoms with Gasteiger partial charge in [0.15, 0.2) is 4.34 Å². The standard InChI is InChI=1S/C19H18N4O2S3/c1-10-9-13(27-19-23-22-11(2)26-19)5-6-14(10)20-18(25)15-7-8-16(28-15)21-17(24)12-3-4-12/h5-9,12H,3-4H2,1-2H3,(H,20,25)(H,21,24). The second kappa shape index (κ2) is 8.02. The molecule has 1 aromatic carbocycles. The van der Waals surface area contributed by atoms with Crippen molar-refractivity contribution in [1.29, 1.82) is 0 Å². The quantitative estimate of drug-likeness (QED) is 0.577. The molecule has 1 saturated carbocycles. The van der Waals surface area contributed by atoms with Gasteiger partial charge in [-0.15, -0.1) is 21.5 Å². The lowest BCUT2D eigenvalue weighted by Crippen LogP contribution is -2.12. The molecule has 0 unspecified atom stereocenters. The number of carbonyl (C=O) groups is 2. The fourth-order valence-electron chi connectivity index (χ4n) is 2.54. The Hall–Kier alpha value is -2.23. The van der Waals surface area contributed by atoms with Crippen molar-refractivity contribution >= 4 is 56.9 Å². The maximum Gasteiger partial charge on any atom is 0.265 e. The van der Waals surface area contributed by atoms with Crippen LogP contribution in [0.4, 0.5) is 10.7 Å². The molecule has 4 rings (SSSR count). The summed E-state index contributed by atoms with van der Waals surface area (Å²) >= 11 is 4.40. The van der Waals surface area contributed by atoms with Crippen LogP contribution in [0.25, 0.3) is 0 Å². The topological polar surface area (TPSA) is 84.0 Å². The highest BCUT2D eigenvalue weighted by Gasteiger charge is 2.29. The summed E-state index contributed by atoms with van der Waals surface area (Å²) < 4.78 is 0.896. The van der Waals surface area contributed by atoms with Gasteiger partial charge in [0.05, 0.1) is 9.88 Å². The Labute approximate surface area is 174 Å². The molecule has 6 nitrogen and oxygen atoms in total. The summed E-state index contributed by atoms with van der Waals surface area (Å²) in [6, 6.07) is 9.38. The van der Waals surface area contributed by atoms with Crippen LogP contribution < -0.4 is 10.6 Å². The van der Waals surface area contributed by atoms with E-state index in [1.165, 1.54) is 11.3 Å². The van der Waals surface area contributed by atoms with Crippen molar-refractivity contribution < 1.29 is 9.59 Å². The van der Waals surface area contributed by atoms with E-state index >= 15 is 0 Å². The van der Waals surface area contributed by atoms with Gasteiger partial charge in [-0.05, 0) is 62.6 Å². The average Bonchev–Trinajstić information content (AvgIpc) is 3.28.